The van der Waals surface area contributed by atoms with Crippen LogP contribution in [-0.2, 0) is 6.42 Å². The van der Waals surface area contributed by atoms with E-state index in [0.717, 1.165) is 51.3 Å². The van der Waals surface area contributed by atoms with Crippen LogP contribution in [0.15, 0.2) is 35.3 Å². The van der Waals surface area contributed by atoms with Crippen molar-refractivity contribution in [3.63, 3.8) is 0 Å². The van der Waals surface area contributed by atoms with Gasteiger partial charge in [0.05, 0.1) is 5.69 Å². The molecule has 2 atom stereocenters. The number of rotatable bonds is 7. The molecule has 0 unspecified atom stereocenters. The lowest BCUT2D eigenvalue weighted by Gasteiger charge is -2.27. The third-order valence-electron chi connectivity index (χ3n) is 5.55. The average molecular weight is 367 g/mol. The molecule has 4 rings (SSSR count). The van der Waals surface area contributed by atoms with E-state index >= 15 is 0 Å². The highest BCUT2D eigenvalue weighted by atomic mass is 16.1. The van der Waals surface area contributed by atoms with E-state index in [1.807, 2.05) is 0 Å². The molecule has 1 saturated heterocycles. The number of aryl methyl sites for hydroxylation is 2. The van der Waals surface area contributed by atoms with E-state index in [1.54, 1.807) is 6.20 Å². The SMILES string of the molecule is Cc1ccc([C@@H]2C[C@H]2NCCCc2c[nH]c(=O)c(N3CCNCC3)n2)cc1. The number of nitrogens with one attached hydrogen (secondary N) is 3. The highest BCUT2D eigenvalue weighted by Crippen LogP contribution is 2.40. The van der Waals surface area contributed by atoms with Crippen molar-refractivity contribution in [1.82, 2.24) is 20.6 Å². The fourth-order valence-corrected chi connectivity index (χ4v) is 3.81. The van der Waals surface area contributed by atoms with Gasteiger partial charge in [-0.15, -0.1) is 0 Å². The van der Waals surface area contributed by atoms with Crippen LogP contribution in [0.25, 0.3) is 0 Å². The second-order valence-electron chi connectivity index (χ2n) is 7.70. The van der Waals surface area contributed by atoms with Crippen LogP contribution in [0.1, 0.15) is 35.6 Å². The summed E-state index contributed by atoms with van der Waals surface area (Å²) >= 11 is 0. The number of benzene rings is 1. The summed E-state index contributed by atoms with van der Waals surface area (Å²) in [4.78, 5) is 21.7. The van der Waals surface area contributed by atoms with Crippen molar-refractivity contribution >= 4 is 5.82 Å². The van der Waals surface area contributed by atoms with Gasteiger partial charge < -0.3 is 20.5 Å². The zero-order chi connectivity index (χ0) is 18.6. The van der Waals surface area contributed by atoms with E-state index in [0.29, 0.717) is 17.8 Å². The summed E-state index contributed by atoms with van der Waals surface area (Å²) in [5, 5.41) is 6.97. The van der Waals surface area contributed by atoms with Crippen LogP contribution in [0.5, 0.6) is 0 Å². The number of nitrogens with zero attached hydrogens (tertiary/aromatic N) is 2. The van der Waals surface area contributed by atoms with Crippen molar-refractivity contribution in [3.05, 3.63) is 57.6 Å². The Kier molecular flexibility index (Phi) is 5.55. The Morgan fingerprint density at radius 2 is 2.00 bits per heavy atom. The van der Waals surface area contributed by atoms with Crippen LogP contribution in [0.2, 0.25) is 0 Å². The molecule has 27 heavy (non-hydrogen) atoms. The van der Waals surface area contributed by atoms with E-state index in [2.05, 4.69) is 56.7 Å². The van der Waals surface area contributed by atoms with Crippen LogP contribution in [0.4, 0.5) is 5.82 Å². The van der Waals surface area contributed by atoms with Crippen LogP contribution < -0.4 is 21.1 Å². The molecule has 1 aromatic carbocycles. The molecule has 0 spiro atoms. The van der Waals surface area contributed by atoms with E-state index in [9.17, 15) is 4.79 Å². The molecule has 2 heterocycles. The predicted octanol–water partition coefficient (Wildman–Crippen LogP) is 1.57. The molecule has 2 aliphatic rings. The Balaban J connectivity index is 1.24. The summed E-state index contributed by atoms with van der Waals surface area (Å²) in [5.74, 6) is 1.24. The van der Waals surface area contributed by atoms with Crippen LogP contribution in [-0.4, -0.2) is 48.7 Å². The Morgan fingerprint density at radius 1 is 1.22 bits per heavy atom. The highest BCUT2D eigenvalue weighted by Gasteiger charge is 2.37. The topological polar surface area (TPSA) is 73.1 Å². The minimum absolute atomic E-state index is 0.0855. The molecule has 1 aromatic heterocycles. The van der Waals surface area contributed by atoms with E-state index in [4.69, 9.17) is 0 Å². The van der Waals surface area contributed by atoms with Crippen LogP contribution in [0, 0.1) is 6.92 Å². The van der Waals surface area contributed by atoms with Crippen molar-refractivity contribution in [1.29, 1.82) is 0 Å². The fraction of sp³-hybridized carbons (Fsp3) is 0.524. The predicted molar refractivity (Wildman–Crippen MR) is 109 cm³/mol. The van der Waals surface area contributed by atoms with Crippen molar-refractivity contribution in [2.45, 2.75) is 38.1 Å². The van der Waals surface area contributed by atoms with Gasteiger partial charge >= 0.3 is 0 Å². The second kappa shape index (κ2) is 8.23. The first-order valence-corrected chi connectivity index (χ1v) is 10.0. The van der Waals surface area contributed by atoms with Gasteiger partial charge in [0.2, 0.25) is 0 Å². The minimum Gasteiger partial charge on any atom is -0.349 e. The maximum atomic E-state index is 12.1. The quantitative estimate of drug-likeness (QED) is 0.648. The van der Waals surface area contributed by atoms with Crippen molar-refractivity contribution in [2.75, 3.05) is 37.6 Å². The number of H-pyrrole nitrogens is 1. The lowest BCUT2D eigenvalue weighted by atomic mass is 10.1. The molecule has 0 amide bonds. The standard InChI is InChI=1S/C21H29N5O/c1-15-4-6-16(7-5-15)18-13-19(18)23-8-2-3-17-14-24-21(27)20(25-17)26-11-9-22-10-12-26/h4-7,14,18-19,22-23H,2-3,8-13H2,1H3,(H,24,27)/t18-,19+/m0/s1. The molecule has 1 aliphatic carbocycles. The van der Waals surface area contributed by atoms with Gasteiger partial charge in [0.15, 0.2) is 5.82 Å². The Hall–Kier alpha value is -2.18. The monoisotopic (exact) mass is 367 g/mol. The molecule has 6 heteroatoms. The molecule has 2 aromatic rings. The van der Waals surface area contributed by atoms with Gasteiger partial charge in [-0.1, -0.05) is 29.8 Å². The molecular formula is C21H29N5O. The van der Waals surface area contributed by atoms with Crippen molar-refractivity contribution in [2.24, 2.45) is 0 Å². The number of hydrogen-bond acceptors (Lipinski definition) is 5. The van der Waals surface area contributed by atoms with E-state index in [-0.39, 0.29) is 5.56 Å². The first-order valence-electron chi connectivity index (χ1n) is 10.0. The molecular weight excluding hydrogens is 338 g/mol. The maximum absolute atomic E-state index is 12.1. The largest absolute Gasteiger partial charge is 0.349 e. The van der Waals surface area contributed by atoms with Crippen LogP contribution in [0.3, 0.4) is 0 Å². The summed E-state index contributed by atoms with van der Waals surface area (Å²) in [6.45, 7) is 6.59. The zero-order valence-electron chi connectivity index (χ0n) is 16.0. The Bertz CT molecular complexity index is 810. The van der Waals surface area contributed by atoms with Gasteiger partial charge in [-0.3, -0.25) is 4.79 Å². The number of hydrogen-bond donors (Lipinski definition) is 3. The number of aromatic amines is 1. The first kappa shape index (κ1) is 18.2. The van der Waals surface area contributed by atoms with Crippen molar-refractivity contribution in [3.8, 4) is 0 Å². The fourth-order valence-electron chi connectivity index (χ4n) is 3.81. The number of anilines is 1. The molecule has 0 bridgehead atoms. The maximum Gasteiger partial charge on any atom is 0.290 e. The van der Waals surface area contributed by atoms with Gasteiger partial charge in [-0.25, -0.2) is 4.98 Å². The lowest BCUT2D eigenvalue weighted by Crippen LogP contribution is -2.46. The van der Waals surface area contributed by atoms with Crippen molar-refractivity contribution < 1.29 is 0 Å². The van der Waals surface area contributed by atoms with Gasteiger partial charge in [-0.2, -0.15) is 0 Å². The van der Waals surface area contributed by atoms with Gasteiger partial charge in [0.25, 0.3) is 5.56 Å². The Morgan fingerprint density at radius 3 is 2.78 bits per heavy atom. The Labute approximate surface area is 160 Å². The minimum atomic E-state index is -0.0855. The summed E-state index contributed by atoms with van der Waals surface area (Å²) in [5.41, 5.74) is 3.65. The number of aromatic nitrogens is 2. The summed E-state index contributed by atoms with van der Waals surface area (Å²) in [6, 6.07) is 9.51. The number of piperazine rings is 1. The van der Waals surface area contributed by atoms with E-state index in [1.165, 1.54) is 17.5 Å². The molecule has 1 saturated carbocycles. The van der Waals surface area contributed by atoms with Gasteiger partial charge in [0.1, 0.15) is 0 Å². The molecule has 1 aliphatic heterocycles. The molecule has 2 fully saturated rings. The zero-order valence-corrected chi connectivity index (χ0v) is 16.0. The molecule has 0 radical (unpaired) electrons. The van der Waals surface area contributed by atoms with Gasteiger partial charge in [-0.05, 0) is 38.3 Å². The summed E-state index contributed by atoms with van der Waals surface area (Å²) in [6.07, 6.45) is 4.90. The normalized spacial score (nSPS) is 22.0. The third kappa shape index (κ3) is 4.57. The first-order chi connectivity index (χ1) is 13.2. The summed E-state index contributed by atoms with van der Waals surface area (Å²) < 4.78 is 0. The summed E-state index contributed by atoms with van der Waals surface area (Å²) in [7, 11) is 0. The lowest BCUT2D eigenvalue weighted by molar-refractivity contribution is 0.580. The van der Waals surface area contributed by atoms with Crippen LogP contribution >= 0.6 is 0 Å². The second-order valence-corrected chi connectivity index (χ2v) is 7.70. The molecule has 3 N–H and O–H groups in total. The average Bonchev–Trinajstić information content (AvgIpc) is 3.47. The highest BCUT2D eigenvalue weighted by molar-refractivity contribution is 5.37. The molecule has 6 nitrogen and oxygen atoms in total. The van der Waals surface area contributed by atoms with Gasteiger partial charge in [0, 0.05) is 44.3 Å². The third-order valence-corrected chi connectivity index (χ3v) is 5.55. The smallest absolute Gasteiger partial charge is 0.290 e. The van der Waals surface area contributed by atoms with E-state index < -0.39 is 0 Å². The molecule has 144 valence electrons.